The predicted octanol–water partition coefficient (Wildman–Crippen LogP) is 3.18. The number of nitrogens with zero attached hydrogens (tertiary/aromatic N) is 1. The van der Waals surface area contributed by atoms with Crippen LogP contribution in [0.5, 0.6) is 5.75 Å². The van der Waals surface area contributed by atoms with E-state index in [2.05, 4.69) is 25.7 Å². The molecule has 2 nitrogen and oxygen atoms in total. The first-order valence-electron chi connectivity index (χ1n) is 3.70. The van der Waals surface area contributed by atoms with Crippen LogP contribution in [0.4, 0.5) is 13.2 Å². The molecule has 78 valence electrons. The highest BCUT2D eigenvalue weighted by atomic mass is 79.9. The standard InChI is InChI=1S/C8H7BrF3NO/c1-5-2-3-7(6(4-9)13-5)14-8(10,11)12/h2-3H,4H2,1H3. The van der Waals surface area contributed by atoms with E-state index in [0.29, 0.717) is 5.69 Å². The van der Waals surface area contributed by atoms with Gasteiger partial charge in [-0.15, -0.1) is 13.2 Å². The highest BCUT2D eigenvalue weighted by Crippen LogP contribution is 2.26. The molecular weight excluding hydrogens is 263 g/mol. The number of aromatic nitrogens is 1. The van der Waals surface area contributed by atoms with E-state index in [9.17, 15) is 13.2 Å². The Labute approximate surface area is 87.2 Å². The van der Waals surface area contributed by atoms with Crippen LogP contribution in [0.25, 0.3) is 0 Å². The molecule has 0 spiro atoms. The van der Waals surface area contributed by atoms with Crippen molar-refractivity contribution < 1.29 is 17.9 Å². The third kappa shape index (κ3) is 3.17. The fourth-order valence-corrected chi connectivity index (χ4v) is 1.31. The molecular formula is C8H7BrF3NO. The van der Waals surface area contributed by atoms with Gasteiger partial charge in [-0.2, -0.15) is 0 Å². The summed E-state index contributed by atoms with van der Waals surface area (Å²) in [6, 6.07) is 2.72. The third-order valence-electron chi connectivity index (χ3n) is 1.42. The Morgan fingerprint density at radius 3 is 2.57 bits per heavy atom. The largest absolute Gasteiger partial charge is 0.573 e. The van der Waals surface area contributed by atoms with Gasteiger partial charge in [0.15, 0.2) is 5.75 Å². The number of halogens is 4. The number of ether oxygens (including phenoxy) is 1. The van der Waals surface area contributed by atoms with E-state index in [4.69, 9.17) is 0 Å². The average molecular weight is 270 g/mol. The SMILES string of the molecule is Cc1ccc(OC(F)(F)F)c(CBr)n1. The van der Waals surface area contributed by atoms with Crippen molar-refractivity contribution >= 4 is 15.9 Å². The lowest BCUT2D eigenvalue weighted by Gasteiger charge is -2.11. The Morgan fingerprint density at radius 1 is 1.43 bits per heavy atom. The first-order valence-corrected chi connectivity index (χ1v) is 4.83. The van der Waals surface area contributed by atoms with Gasteiger partial charge in [0, 0.05) is 11.0 Å². The molecule has 14 heavy (non-hydrogen) atoms. The van der Waals surface area contributed by atoms with Gasteiger partial charge in [0.2, 0.25) is 0 Å². The maximum Gasteiger partial charge on any atom is 0.573 e. The van der Waals surface area contributed by atoms with Crippen molar-refractivity contribution in [2.45, 2.75) is 18.6 Å². The number of hydrogen-bond donors (Lipinski definition) is 0. The second-order valence-corrected chi connectivity index (χ2v) is 3.14. The molecule has 0 aliphatic rings. The summed E-state index contributed by atoms with van der Waals surface area (Å²) in [5.41, 5.74) is 0.885. The highest BCUT2D eigenvalue weighted by Gasteiger charge is 2.32. The number of alkyl halides is 4. The molecule has 0 bridgehead atoms. The number of pyridine rings is 1. The van der Waals surface area contributed by atoms with Crippen LogP contribution in [0.2, 0.25) is 0 Å². The Kier molecular flexibility index (Phi) is 3.36. The number of aryl methyl sites for hydroxylation is 1. The molecule has 1 heterocycles. The van der Waals surface area contributed by atoms with Gasteiger partial charge in [0.05, 0.1) is 5.69 Å². The molecule has 0 N–H and O–H groups in total. The molecule has 0 unspecified atom stereocenters. The molecule has 0 saturated carbocycles. The second kappa shape index (κ2) is 4.16. The van der Waals surface area contributed by atoms with Gasteiger partial charge in [-0.05, 0) is 19.1 Å². The zero-order valence-electron chi connectivity index (χ0n) is 7.23. The number of hydrogen-bond acceptors (Lipinski definition) is 2. The van der Waals surface area contributed by atoms with E-state index >= 15 is 0 Å². The van der Waals surface area contributed by atoms with Crippen LogP contribution >= 0.6 is 15.9 Å². The monoisotopic (exact) mass is 269 g/mol. The summed E-state index contributed by atoms with van der Waals surface area (Å²) >= 11 is 3.04. The Hall–Kier alpha value is -0.780. The molecule has 0 fully saturated rings. The van der Waals surface area contributed by atoms with Crippen molar-refractivity contribution in [2.24, 2.45) is 0 Å². The van der Waals surface area contributed by atoms with E-state index in [-0.39, 0.29) is 16.8 Å². The van der Waals surface area contributed by atoms with E-state index < -0.39 is 6.36 Å². The summed E-state index contributed by atoms with van der Waals surface area (Å²) in [6.07, 6.45) is -4.67. The highest BCUT2D eigenvalue weighted by molar-refractivity contribution is 9.08. The van der Waals surface area contributed by atoms with Crippen LogP contribution in [0, 0.1) is 6.92 Å². The van der Waals surface area contributed by atoms with Gasteiger partial charge >= 0.3 is 6.36 Å². The minimum absolute atomic E-state index is 0.222. The molecule has 0 radical (unpaired) electrons. The van der Waals surface area contributed by atoms with Crippen molar-refractivity contribution in [3.8, 4) is 5.75 Å². The van der Waals surface area contributed by atoms with Gasteiger partial charge in [0.1, 0.15) is 0 Å². The summed E-state index contributed by atoms with van der Waals surface area (Å²) in [4.78, 5) is 3.90. The van der Waals surface area contributed by atoms with Crippen molar-refractivity contribution in [3.63, 3.8) is 0 Å². The lowest BCUT2D eigenvalue weighted by molar-refractivity contribution is -0.275. The van der Waals surface area contributed by atoms with Gasteiger partial charge in [-0.25, -0.2) is 0 Å². The molecule has 0 saturated heterocycles. The third-order valence-corrected chi connectivity index (χ3v) is 1.96. The molecule has 0 amide bonds. The molecule has 1 aromatic heterocycles. The predicted molar refractivity (Wildman–Crippen MR) is 48.3 cm³/mol. The van der Waals surface area contributed by atoms with E-state index in [1.807, 2.05) is 0 Å². The zero-order valence-corrected chi connectivity index (χ0v) is 8.82. The smallest absolute Gasteiger partial charge is 0.404 e. The summed E-state index contributed by atoms with van der Waals surface area (Å²) in [5, 5.41) is 0.222. The maximum atomic E-state index is 11.9. The molecule has 6 heteroatoms. The number of rotatable bonds is 2. The quantitative estimate of drug-likeness (QED) is 0.770. The summed E-state index contributed by atoms with van der Waals surface area (Å²) in [5.74, 6) is -0.264. The molecule has 0 aliphatic carbocycles. The summed E-state index contributed by atoms with van der Waals surface area (Å²) < 4.78 is 39.5. The normalized spacial score (nSPS) is 11.5. The lowest BCUT2D eigenvalue weighted by Crippen LogP contribution is -2.18. The molecule has 1 aromatic rings. The van der Waals surface area contributed by atoms with Gasteiger partial charge in [0.25, 0.3) is 0 Å². The van der Waals surface area contributed by atoms with Crippen LogP contribution < -0.4 is 4.74 Å². The van der Waals surface area contributed by atoms with Crippen molar-refractivity contribution in [2.75, 3.05) is 0 Å². The van der Waals surface area contributed by atoms with Gasteiger partial charge in [-0.3, -0.25) is 4.98 Å². The van der Waals surface area contributed by atoms with E-state index in [1.165, 1.54) is 12.1 Å². The average Bonchev–Trinajstić information content (AvgIpc) is 2.06. The lowest BCUT2D eigenvalue weighted by atomic mass is 10.3. The fourth-order valence-electron chi connectivity index (χ4n) is 0.911. The Bertz CT molecular complexity index is 327. The molecule has 0 aliphatic heterocycles. The van der Waals surface area contributed by atoms with Crippen LogP contribution in [0.1, 0.15) is 11.4 Å². The van der Waals surface area contributed by atoms with Crippen LogP contribution in [0.3, 0.4) is 0 Å². The van der Waals surface area contributed by atoms with E-state index in [1.54, 1.807) is 6.92 Å². The van der Waals surface area contributed by atoms with E-state index in [0.717, 1.165) is 0 Å². The first kappa shape index (κ1) is 11.3. The van der Waals surface area contributed by atoms with Crippen LogP contribution in [0.15, 0.2) is 12.1 Å². The minimum Gasteiger partial charge on any atom is -0.404 e. The van der Waals surface area contributed by atoms with Crippen LogP contribution in [-0.4, -0.2) is 11.3 Å². The maximum absolute atomic E-state index is 11.9. The minimum atomic E-state index is -4.67. The topological polar surface area (TPSA) is 22.1 Å². The first-order chi connectivity index (χ1) is 6.42. The Morgan fingerprint density at radius 2 is 2.07 bits per heavy atom. The zero-order chi connectivity index (χ0) is 10.8. The van der Waals surface area contributed by atoms with Crippen molar-refractivity contribution in [1.29, 1.82) is 0 Å². The van der Waals surface area contributed by atoms with Gasteiger partial charge < -0.3 is 4.74 Å². The molecule has 0 atom stereocenters. The van der Waals surface area contributed by atoms with Crippen molar-refractivity contribution in [1.82, 2.24) is 4.98 Å². The van der Waals surface area contributed by atoms with Crippen molar-refractivity contribution in [3.05, 3.63) is 23.5 Å². The molecule has 0 aromatic carbocycles. The van der Waals surface area contributed by atoms with Gasteiger partial charge in [-0.1, -0.05) is 15.9 Å². The summed E-state index contributed by atoms with van der Waals surface area (Å²) in [7, 11) is 0. The second-order valence-electron chi connectivity index (χ2n) is 2.58. The summed E-state index contributed by atoms with van der Waals surface area (Å²) in [6.45, 7) is 1.70. The van der Waals surface area contributed by atoms with Crippen LogP contribution in [-0.2, 0) is 5.33 Å². The Balaban J connectivity index is 2.97. The molecule has 1 rings (SSSR count). The fraction of sp³-hybridized carbons (Fsp3) is 0.375.